The maximum absolute atomic E-state index is 12.2. The molecule has 0 fully saturated rings. The first-order valence-corrected chi connectivity index (χ1v) is 7.95. The maximum atomic E-state index is 12.2. The molecule has 0 aliphatic rings. The minimum atomic E-state index is -1.02. The molecule has 0 aliphatic heterocycles. The van der Waals surface area contributed by atoms with E-state index in [1.54, 1.807) is 16.8 Å². The molecule has 2 aromatic heterocycles. The van der Waals surface area contributed by atoms with Gasteiger partial charge in [0, 0.05) is 11.9 Å². The highest BCUT2D eigenvalue weighted by Crippen LogP contribution is 2.11. The van der Waals surface area contributed by atoms with Crippen molar-refractivity contribution < 1.29 is 14.7 Å². The Labute approximate surface area is 140 Å². The van der Waals surface area contributed by atoms with Crippen molar-refractivity contribution in [3.05, 3.63) is 41.3 Å². The molecule has 0 bridgehead atoms. The Morgan fingerprint density at radius 1 is 1.33 bits per heavy atom. The van der Waals surface area contributed by atoms with E-state index in [9.17, 15) is 14.7 Å². The van der Waals surface area contributed by atoms with E-state index in [0.717, 1.165) is 24.2 Å². The molecule has 128 valence electrons. The topological polar surface area (TPSA) is 97.1 Å². The van der Waals surface area contributed by atoms with E-state index in [0.29, 0.717) is 17.8 Å². The molecule has 0 aliphatic carbocycles. The van der Waals surface area contributed by atoms with Crippen molar-refractivity contribution in [3.8, 4) is 5.82 Å². The number of pyridine rings is 1. The normalized spacial score (nSPS) is 12.0. The summed E-state index contributed by atoms with van der Waals surface area (Å²) < 4.78 is 1.69. The molecule has 0 radical (unpaired) electrons. The molecular weight excluding hydrogens is 308 g/mol. The minimum absolute atomic E-state index is 0.322. The standard InChI is InChI=1S/C17H22N4O3/c1-4-5-6-14(17(23)24)19-16(22)13-7-8-15(18-10-13)21-12(3)9-11(2)20-21/h7-10,14H,4-6H2,1-3H3,(H,19,22)(H,23,24)/t14-/m0/s1. The van der Waals surface area contributed by atoms with Crippen LogP contribution in [0.25, 0.3) is 5.82 Å². The predicted molar refractivity (Wildman–Crippen MR) is 89.2 cm³/mol. The van der Waals surface area contributed by atoms with Gasteiger partial charge in [0.15, 0.2) is 5.82 Å². The lowest BCUT2D eigenvalue weighted by Gasteiger charge is -2.14. The van der Waals surface area contributed by atoms with E-state index in [1.165, 1.54) is 6.20 Å². The first kappa shape index (κ1) is 17.7. The van der Waals surface area contributed by atoms with Crippen molar-refractivity contribution in [2.24, 2.45) is 0 Å². The maximum Gasteiger partial charge on any atom is 0.326 e. The number of carbonyl (C=O) groups is 2. The molecule has 2 N–H and O–H groups in total. The third kappa shape index (κ3) is 4.18. The van der Waals surface area contributed by atoms with Gasteiger partial charge in [0.2, 0.25) is 0 Å². The molecule has 1 amide bonds. The van der Waals surface area contributed by atoms with Gasteiger partial charge in [0.1, 0.15) is 6.04 Å². The van der Waals surface area contributed by atoms with Crippen LogP contribution < -0.4 is 5.32 Å². The number of carboxylic acid groups (broad SMARTS) is 1. The van der Waals surface area contributed by atoms with Gasteiger partial charge in [-0.05, 0) is 38.5 Å². The number of aliphatic carboxylic acids is 1. The van der Waals surface area contributed by atoms with Gasteiger partial charge in [-0.15, -0.1) is 0 Å². The van der Waals surface area contributed by atoms with Crippen LogP contribution in [0.4, 0.5) is 0 Å². The summed E-state index contributed by atoms with van der Waals surface area (Å²) in [6.45, 7) is 5.80. The van der Waals surface area contributed by atoms with E-state index < -0.39 is 17.9 Å². The molecule has 2 aromatic rings. The van der Waals surface area contributed by atoms with Gasteiger partial charge < -0.3 is 10.4 Å². The highest BCUT2D eigenvalue weighted by Gasteiger charge is 2.20. The molecule has 2 rings (SSSR count). The van der Waals surface area contributed by atoms with Crippen LogP contribution >= 0.6 is 0 Å². The first-order chi connectivity index (χ1) is 11.4. The van der Waals surface area contributed by atoms with E-state index in [2.05, 4.69) is 15.4 Å². The molecule has 7 heteroatoms. The Bertz CT molecular complexity index is 722. The number of aryl methyl sites for hydroxylation is 2. The summed E-state index contributed by atoms with van der Waals surface area (Å²) in [5.74, 6) is -0.854. The van der Waals surface area contributed by atoms with Crippen molar-refractivity contribution in [3.63, 3.8) is 0 Å². The first-order valence-electron chi connectivity index (χ1n) is 7.95. The molecule has 0 saturated carbocycles. The van der Waals surface area contributed by atoms with Crippen LogP contribution in [0.3, 0.4) is 0 Å². The Hall–Kier alpha value is -2.70. The Morgan fingerprint density at radius 3 is 2.58 bits per heavy atom. The fourth-order valence-electron chi connectivity index (χ4n) is 2.41. The summed E-state index contributed by atoms with van der Waals surface area (Å²) in [7, 11) is 0. The van der Waals surface area contributed by atoms with Gasteiger partial charge in [0.05, 0.1) is 11.3 Å². The molecule has 1 atom stereocenters. The fraction of sp³-hybridized carbons (Fsp3) is 0.412. The number of carboxylic acids is 1. The van der Waals surface area contributed by atoms with Gasteiger partial charge in [-0.25, -0.2) is 14.5 Å². The van der Waals surface area contributed by atoms with Crippen molar-refractivity contribution in [1.82, 2.24) is 20.1 Å². The van der Waals surface area contributed by atoms with Crippen molar-refractivity contribution in [2.45, 2.75) is 46.1 Å². The van der Waals surface area contributed by atoms with E-state index in [4.69, 9.17) is 0 Å². The highest BCUT2D eigenvalue weighted by atomic mass is 16.4. The minimum Gasteiger partial charge on any atom is -0.480 e. The number of rotatable bonds is 7. The lowest BCUT2D eigenvalue weighted by Crippen LogP contribution is -2.40. The molecule has 7 nitrogen and oxygen atoms in total. The fourth-order valence-corrected chi connectivity index (χ4v) is 2.41. The average Bonchev–Trinajstić information content (AvgIpc) is 2.89. The number of hydrogen-bond donors (Lipinski definition) is 2. The Balaban J connectivity index is 2.10. The molecule has 2 heterocycles. The predicted octanol–water partition coefficient (Wildman–Crippen LogP) is 2.26. The van der Waals surface area contributed by atoms with Crippen molar-refractivity contribution >= 4 is 11.9 Å². The number of carbonyl (C=O) groups excluding carboxylic acids is 1. The highest BCUT2D eigenvalue weighted by molar-refractivity contribution is 5.96. The number of unbranched alkanes of at least 4 members (excludes halogenated alkanes) is 1. The van der Waals surface area contributed by atoms with E-state index in [1.807, 2.05) is 26.8 Å². The quantitative estimate of drug-likeness (QED) is 0.811. The second-order valence-corrected chi connectivity index (χ2v) is 5.75. The second kappa shape index (κ2) is 7.72. The summed E-state index contributed by atoms with van der Waals surface area (Å²) >= 11 is 0. The second-order valence-electron chi connectivity index (χ2n) is 5.75. The largest absolute Gasteiger partial charge is 0.480 e. The lowest BCUT2D eigenvalue weighted by atomic mass is 10.1. The SMILES string of the molecule is CCCC[C@H](NC(=O)c1ccc(-n2nc(C)cc2C)nc1)C(=O)O. The summed E-state index contributed by atoms with van der Waals surface area (Å²) in [6.07, 6.45) is 3.46. The number of amides is 1. The summed E-state index contributed by atoms with van der Waals surface area (Å²) in [6, 6.07) is 4.37. The van der Waals surface area contributed by atoms with Crippen LogP contribution in [0.1, 0.15) is 47.9 Å². The number of nitrogens with zero attached hydrogens (tertiary/aromatic N) is 3. The third-order valence-electron chi connectivity index (χ3n) is 3.69. The van der Waals surface area contributed by atoms with Crippen LogP contribution in [0, 0.1) is 13.8 Å². The molecule has 24 heavy (non-hydrogen) atoms. The summed E-state index contributed by atoms with van der Waals surface area (Å²) in [4.78, 5) is 27.7. The smallest absolute Gasteiger partial charge is 0.326 e. The molecule has 0 saturated heterocycles. The monoisotopic (exact) mass is 330 g/mol. The van der Waals surface area contributed by atoms with Crippen LogP contribution in [0.15, 0.2) is 24.4 Å². The molecule has 0 aromatic carbocycles. The van der Waals surface area contributed by atoms with Gasteiger partial charge in [-0.1, -0.05) is 19.8 Å². The van der Waals surface area contributed by atoms with Crippen LogP contribution in [0.5, 0.6) is 0 Å². The zero-order chi connectivity index (χ0) is 17.7. The number of hydrogen-bond acceptors (Lipinski definition) is 4. The van der Waals surface area contributed by atoms with Gasteiger partial charge in [-0.2, -0.15) is 5.10 Å². The average molecular weight is 330 g/mol. The van der Waals surface area contributed by atoms with Crippen LogP contribution in [-0.2, 0) is 4.79 Å². The number of nitrogens with one attached hydrogen (secondary N) is 1. The molecular formula is C17H22N4O3. The van der Waals surface area contributed by atoms with Gasteiger partial charge >= 0.3 is 5.97 Å². The van der Waals surface area contributed by atoms with Crippen molar-refractivity contribution in [2.75, 3.05) is 0 Å². The Kier molecular flexibility index (Phi) is 5.68. The van der Waals surface area contributed by atoms with Crippen LogP contribution in [0.2, 0.25) is 0 Å². The van der Waals surface area contributed by atoms with Crippen molar-refractivity contribution in [1.29, 1.82) is 0 Å². The number of aromatic nitrogens is 3. The molecule has 0 unspecified atom stereocenters. The third-order valence-corrected chi connectivity index (χ3v) is 3.69. The van der Waals surface area contributed by atoms with E-state index >= 15 is 0 Å². The van der Waals surface area contributed by atoms with E-state index in [-0.39, 0.29) is 0 Å². The zero-order valence-corrected chi connectivity index (χ0v) is 14.1. The summed E-state index contributed by atoms with van der Waals surface area (Å²) in [5, 5.41) is 16.1. The van der Waals surface area contributed by atoms with Crippen LogP contribution in [-0.4, -0.2) is 37.8 Å². The zero-order valence-electron chi connectivity index (χ0n) is 14.1. The van der Waals surface area contributed by atoms with Gasteiger partial charge in [0.25, 0.3) is 5.91 Å². The molecule has 0 spiro atoms. The lowest BCUT2D eigenvalue weighted by molar-refractivity contribution is -0.139. The summed E-state index contributed by atoms with van der Waals surface area (Å²) in [5.41, 5.74) is 2.15. The Morgan fingerprint density at radius 2 is 2.08 bits per heavy atom. The van der Waals surface area contributed by atoms with Gasteiger partial charge in [-0.3, -0.25) is 4.79 Å².